The molecule has 1 amide bonds. The lowest BCUT2D eigenvalue weighted by molar-refractivity contribution is -0.117. The molecular formula is C15H17ClN2O2. The number of halogens is 1. The minimum Gasteiger partial charge on any atom is -0.382 e. The van der Waals surface area contributed by atoms with Crippen LogP contribution in [0.25, 0.3) is 6.08 Å². The lowest BCUT2D eigenvalue weighted by Crippen LogP contribution is -2.26. The van der Waals surface area contributed by atoms with Gasteiger partial charge in [0.15, 0.2) is 0 Å². The summed E-state index contributed by atoms with van der Waals surface area (Å²) in [5, 5.41) is 12.3. The summed E-state index contributed by atoms with van der Waals surface area (Å²) >= 11 is 5.78. The normalized spacial score (nSPS) is 10.9. The summed E-state index contributed by atoms with van der Waals surface area (Å²) in [5.74, 6) is -0.376. The molecule has 1 rings (SSSR count). The van der Waals surface area contributed by atoms with Crippen LogP contribution in [-0.4, -0.2) is 25.7 Å². The van der Waals surface area contributed by atoms with Gasteiger partial charge in [-0.3, -0.25) is 4.79 Å². The lowest BCUT2D eigenvalue weighted by atomic mass is 10.1. The Kier molecular flexibility index (Phi) is 7.41. The molecule has 0 aliphatic carbocycles. The number of amides is 1. The average Bonchev–Trinajstić information content (AvgIpc) is 2.46. The molecule has 0 aliphatic heterocycles. The van der Waals surface area contributed by atoms with Gasteiger partial charge in [-0.1, -0.05) is 23.7 Å². The second kappa shape index (κ2) is 9.13. The van der Waals surface area contributed by atoms with E-state index < -0.39 is 0 Å². The second-order valence-corrected chi connectivity index (χ2v) is 4.46. The van der Waals surface area contributed by atoms with Gasteiger partial charge in [0.1, 0.15) is 11.6 Å². The first kappa shape index (κ1) is 16.2. The predicted octanol–water partition coefficient (Wildman–Crippen LogP) is 2.79. The molecule has 1 N–H and O–H groups in total. The number of hydrogen-bond donors (Lipinski definition) is 1. The monoisotopic (exact) mass is 292 g/mol. The Hall–Kier alpha value is -1.83. The summed E-state index contributed by atoms with van der Waals surface area (Å²) in [6, 6.07) is 8.83. The standard InChI is InChI=1S/C15H17ClN2O2/c1-2-20-9-3-8-18-15(19)13(11-17)10-12-4-6-14(16)7-5-12/h4-7,10H,2-3,8-9H2,1H3,(H,18,19)/b13-10+. The first-order valence-electron chi connectivity index (χ1n) is 6.40. The quantitative estimate of drug-likeness (QED) is 0.477. The van der Waals surface area contributed by atoms with Gasteiger partial charge in [-0.15, -0.1) is 0 Å². The molecule has 0 unspecified atom stereocenters. The van der Waals surface area contributed by atoms with Gasteiger partial charge in [-0.05, 0) is 37.1 Å². The van der Waals surface area contributed by atoms with Crippen LogP contribution in [0.4, 0.5) is 0 Å². The fraction of sp³-hybridized carbons (Fsp3) is 0.333. The third-order valence-electron chi connectivity index (χ3n) is 2.50. The molecule has 4 nitrogen and oxygen atoms in total. The fourth-order valence-corrected chi connectivity index (χ4v) is 1.62. The number of carbonyl (C=O) groups excluding carboxylic acids is 1. The van der Waals surface area contributed by atoms with Crippen LogP contribution < -0.4 is 5.32 Å². The van der Waals surface area contributed by atoms with Gasteiger partial charge in [0.25, 0.3) is 5.91 Å². The van der Waals surface area contributed by atoms with Crippen LogP contribution in [0.5, 0.6) is 0 Å². The molecule has 5 heteroatoms. The molecule has 0 saturated carbocycles. The molecule has 0 aliphatic rings. The first-order valence-corrected chi connectivity index (χ1v) is 6.78. The van der Waals surface area contributed by atoms with E-state index in [1.54, 1.807) is 24.3 Å². The van der Waals surface area contributed by atoms with Crippen molar-refractivity contribution in [1.29, 1.82) is 5.26 Å². The van der Waals surface area contributed by atoms with Crippen LogP contribution in [0.15, 0.2) is 29.8 Å². The molecule has 0 spiro atoms. The van der Waals surface area contributed by atoms with Crippen LogP contribution >= 0.6 is 11.6 Å². The highest BCUT2D eigenvalue weighted by Crippen LogP contribution is 2.12. The Bertz CT molecular complexity index is 504. The lowest BCUT2D eigenvalue weighted by Gasteiger charge is -2.04. The Morgan fingerprint density at radius 2 is 2.15 bits per heavy atom. The van der Waals surface area contributed by atoms with E-state index in [-0.39, 0.29) is 11.5 Å². The van der Waals surface area contributed by atoms with E-state index in [1.807, 2.05) is 13.0 Å². The number of rotatable bonds is 7. The SMILES string of the molecule is CCOCCCNC(=O)/C(C#N)=C/c1ccc(Cl)cc1. The van der Waals surface area contributed by atoms with Crippen molar-refractivity contribution >= 4 is 23.6 Å². The van der Waals surface area contributed by atoms with Crippen molar-refractivity contribution in [3.8, 4) is 6.07 Å². The summed E-state index contributed by atoms with van der Waals surface area (Å²) in [5.41, 5.74) is 0.833. The van der Waals surface area contributed by atoms with Crippen molar-refractivity contribution in [3.05, 3.63) is 40.4 Å². The van der Waals surface area contributed by atoms with Crippen molar-refractivity contribution in [2.75, 3.05) is 19.8 Å². The van der Waals surface area contributed by atoms with Crippen LogP contribution in [0.2, 0.25) is 5.02 Å². The molecule has 0 atom stereocenters. The van der Waals surface area contributed by atoms with Gasteiger partial charge in [0.05, 0.1) is 0 Å². The maximum absolute atomic E-state index is 11.8. The van der Waals surface area contributed by atoms with E-state index in [2.05, 4.69) is 5.32 Å². The molecule has 0 heterocycles. The van der Waals surface area contributed by atoms with Gasteiger partial charge in [-0.2, -0.15) is 5.26 Å². The van der Waals surface area contributed by atoms with Crippen LogP contribution in [0.1, 0.15) is 18.9 Å². The summed E-state index contributed by atoms with van der Waals surface area (Å²) in [7, 11) is 0. The highest BCUT2D eigenvalue weighted by atomic mass is 35.5. The number of nitrogens with zero attached hydrogens (tertiary/aromatic N) is 1. The Morgan fingerprint density at radius 1 is 1.45 bits per heavy atom. The zero-order valence-corrected chi connectivity index (χ0v) is 12.1. The van der Waals surface area contributed by atoms with E-state index in [0.717, 1.165) is 12.0 Å². The summed E-state index contributed by atoms with van der Waals surface area (Å²) < 4.78 is 5.17. The molecule has 0 bridgehead atoms. The van der Waals surface area contributed by atoms with Gasteiger partial charge in [-0.25, -0.2) is 0 Å². The Balaban J connectivity index is 2.55. The third kappa shape index (κ3) is 5.87. The van der Waals surface area contributed by atoms with E-state index in [9.17, 15) is 4.79 Å². The molecule has 0 radical (unpaired) electrons. The summed E-state index contributed by atoms with van der Waals surface area (Å²) in [6.07, 6.45) is 2.26. The minimum absolute atomic E-state index is 0.0729. The predicted molar refractivity (Wildman–Crippen MR) is 79.2 cm³/mol. The molecule has 20 heavy (non-hydrogen) atoms. The van der Waals surface area contributed by atoms with Crippen molar-refractivity contribution in [3.63, 3.8) is 0 Å². The molecule has 0 aromatic heterocycles. The maximum atomic E-state index is 11.8. The number of hydrogen-bond acceptors (Lipinski definition) is 3. The van der Waals surface area contributed by atoms with E-state index >= 15 is 0 Å². The van der Waals surface area contributed by atoms with Crippen LogP contribution in [-0.2, 0) is 9.53 Å². The van der Waals surface area contributed by atoms with E-state index in [0.29, 0.717) is 24.8 Å². The zero-order valence-electron chi connectivity index (χ0n) is 11.4. The number of nitrogens with one attached hydrogen (secondary N) is 1. The maximum Gasteiger partial charge on any atom is 0.261 e. The highest BCUT2D eigenvalue weighted by molar-refractivity contribution is 6.30. The summed E-state index contributed by atoms with van der Waals surface area (Å²) in [4.78, 5) is 11.8. The van der Waals surface area contributed by atoms with Crippen LogP contribution in [0, 0.1) is 11.3 Å². The van der Waals surface area contributed by atoms with Crippen molar-refractivity contribution in [2.24, 2.45) is 0 Å². The topological polar surface area (TPSA) is 62.1 Å². The van der Waals surface area contributed by atoms with Crippen molar-refractivity contribution < 1.29 is 9.53 Å². The second-order valence-electron chi connectivity index (χ2n) is 4.03. The zero-order chi connectivity index (χ0) is 14.8. The van der Waals surface area contributed by atoms with Crippen LogP contribution in [0.3, 0.4) is 0 Å². The number of benzene rings is 1. The molecule has 106 valence electrons. The Labute approximate surface area is 124 Å². The fourth-order valence-electron chi connectivity index (χ4n) is 1.49. The van der Waals surface area contributed by atoms with Gasteiger partial charge >= 0.3 is 0 Å². The minimum atomic E-state index is -0.376. The van der Waals surface area contributed by atoms with Gasteiger partial charge in [0, 0.05) is 24.8 Å². The number of nitriles is 1. The van der Waals surface area contributed by atoms with E-state index in [4.69, 9.17) is 21.6 Å². The first-order chi connectivity index (χ1) is 9.67. The molecule has 1 aromatic rings. The number of carbonyl (C=O) groups is 1. The van der Waals surface area contributed by atoms with E-state index in [1.165, 1.54) is 6.08 Å². The van der Waals surface area contributed by atoms with Gasteiger partial charge in [0.2, 0.25) is 0 Å². The molecule has 1 aromatic carbocycles. The highest BCUT2D eigenvalue weighted by Gasteiger charge is 2.07. The average molecular weight is 293 g/mol. The van der Waals surface area contributed by atoms with Gasteiger partial charge < -0.3 is 10.1 Å². The third-order valence-corrected chi connectivity index (χ3v) is 2.75. The molecule has 0 fully saturated rings. The van der Waals surface area contributed by atoms with Crippen molar-refractivity contribution in [1.82, 2.24) is 5.32 Å². The largest absolute Gasteiger partial charge is 0.382 e. The molecule has 0 saturated heterocycles. The summed E-state index contributed by atoms with van der Waals surface area (Å²) in [6.45, 7) is 3.66. The molecular weight excluding hydrogens is 276 g/mol. The Morgan fingerprint density at radius 3 is 2.75 bits per heavy atom. The number of ether oxygens (including phenoxy) is 1. The smallest absolute Gasteiger partial charge is 0.261 e. The van der Waals surface area contributed by atoms with Crippen molar-refractivity contribution in [2.45, 2.75) is 13.3 Å².